The summed E-state index contributed by atoms with van der Waals surface area (Å²) in [7, 11) is 0. The molecular formula is C25H25N3O3. The van der Waals surface area contributed by atoms with Crippen molar-refractivity contribution in [2.75, 3.05) is 5.32 Å². The number of hydrogen-bond donors (Lipinski definition) is 2. The zero-order chi connectivity index (χ0) is 21.6. The maximum atomic E-state index is 12.6. The second-order valence-corrected chi connectivity index (χ2v) is 7.85. The number of carbonyl (C=O) groups excluding carboxylic acids is 2. The van der Waals surface area contributed by atoms with Gasteiger partial charge in [-0.1, -0.05) is 43.3 Å². The van der Waals surface area contributed by atoms with Crippen molar-refractivity contribution in [3.8, 4) is 5.88 Å². The number of hydrogen-bond acceptors (Lipinski definition) is 4. The second kappa shape index (κ2) is 9.43. The Hall–Kier alpha value is -3.67. The van der Waals surface area contributed by atoms with Crippen molar-refractivity contribution in [3.63, 3.8) is 0 Å². The van der Waals surface area contributed by atoms with Crippen LogP contribution in [0.2, 0.25) is 0 Å². The van der Waals surface area contributed by atoms with Crippen LogP contribution >= 0.6 is 0 Å². The van der Waals surface area contributed by atoms with Crippen LogP contribution in [0, 0.1) is 11.8 Å². The molecule has 6 heteroatoms. The smallest absolute Gasteiger partial charge is 0.251 e. The van der Waals surface area contributed by atoms with E-state index in [2.05, 4.69) is 22.5 Å². The molecule has 2 N–H and O–H groups in total. The lowest BCUT2D eigenvalue weighted by Gasteiger charge is -2.10. The fraction of sp³-hybridized carbons (Fsp3) is 0.240. The van der Waals surface area contributed by atoms with Crippen molar-refractivity contribution in [3.05, 3.63) is 89.6 Å². The Morgan fingerprint density at radius 1 is 1.03 bits per heavy atom. The summed E-state index contributed by atoms with van der Waals surface area (Å²) in [6.45, 7) is 2.84. The third-order valence-corrected chi connectivity index (χ3v) is 5.32. The molecule has 1 aromatic heterocycles. The molecule has 1 heterocycles. The maximum absolute atomic E-state index is 12.6. The molecular weight excluding hydrogens is 390 g/mol. The number of nitrogens with one attached hydrogen (secondary N) is 2. The number of pyridine rings is 1. The van der Waals surface area contributed by atoms with Gasteiger partial charge in [0.25, 0.3) is 5.91 Å². The summed E-state index contributed by atoms with van der Waals surface area (Å²) >= 11 is 0. The molecule has 6 nitrogen and oxygen atoms in total. The highest BCUT2D eigenvalue weighted by Crippen LogP contribution is 2.38. The van der Waals surface area contributed by atoms with E-state index in [0.717, 1.165) is 17.5 Å². The van der Waals surface area contributed by atoms with E-state index in [4.69, 9.17) is 4.74 Å². The maximum Gasteiger partial charge on any atom is 0.251 e. The molecule has 0 aliphatic heterocycles. The lowest BCUT2D eigenvalue weighted by atomic mass is 10.1. The number of amides is 2. The van der Waals surface area contributed by atoms with Gasteiger partial charge in [0.2, 0.25) is 11.8 Å². The average Bonchev–Trinajstić information content (AvgIpc) is 3.54. The molecule has 1 fully saturated rings. The van der Waals surface area contributed by atoms with Crippen LogP contribution in [0.1, 0.15) is 34.8 Å². The summed E-state index contributed by atoms with van der Waals surface area (Å²) in [5.41, 5.74) is 3.08. The van der Waals surface area contributed by atoms with Gasteiger partial charge in [-0.2, -0.15) is 0 Å². The lowest BCUT2D eigenvalue weighted by Crippen LogP contribution is -2.23. The SMILES string of the molecule is CC1CC1C(=O)Nc1cccc(C(=O)NCc2ccnc(OCc3ccccc3)c2)c1. The summed E-state index contributed by atoms with van der Waals surface area (Å²) in [6.07, 6.45) is 2.59. The topological polar surface area (TPSA) is 80.3 Å². The first-order valence-electron chi connectivity index (χ1n) is 10.4. The van der Waals surface area contributed by atoms with Crippen LogP contribution in [0.3, 0.4) is 0 Å². The third-order valence-electron chi connectivity index (χ3n) is 5.32. The van der Waals surface area contributed by atoms with Gasteiger partial charge < -0.3 is 15.4 Å². The molecule has 0 radical (unpaired) electrons. The summed E-state index contributed by atoms with van der Waals surface area (Å²) in [5.74, 6) is 0.842. The number of aromatic nitrogens is 1. The molecule has 1 aliphatic rings. The van der Waals surface area contributed by atoms with Gasteiger partial charge in [0.15, 0.2) is 0 Å². The molecule has 2 unspecified atom stereocenters. The number of benzene rings is 2. The Morgan fingerprint density at radius 3 is 2.61 bits per heavy atom. The van der Waals surface area contributed by atoms with E-state index in [-0.39, 0.29) is 17.7 Å². The Morgan fingerprint density at radius 2 is 1.84 bits per heavy atom. The quantitative estimate of drug-likeness (QED) is 0.578. The van der Waals surface area contributed by atoms with Crippen molar-refractivity contribution < 1.29 is 14.3 Å². The number of ether oxygens (including phenoxy) is 1. The zero-order valence-corrected chi connectivity index (χ0v) is 17.4. The molecule has 31 heavy (non-hydrogen) atoms. The molecule has 0 spiro atoms. The molecule has 4 rings (SSSR count). The van der Waals surface area contributed by atoms with E-state index in [1.165, 1.54) is 0 Å². The second-order valence-electron chi connectivity index (χ2n) is 7.85. The molecule has 1 saturated carbocycles. The lowest BCUT2D eigenvalue weighted by molar-refractivity contribution is -0.117. The fourth-order valence-electron chi connectivity index (χ4n) is 3.32. The van der Waals surface area contributed by atoms with Gasteiger partial charge in [-0.05, 0) is 47.7 Å². The van der Waals surface area contributed by atoms with E-state index >= 15 is 0 Å². The van der Waals surface area contributed by atoms with Crippen molar-refractivity contribution >= 4 is 17.5 Å². The molecule has 2 amide bonds. The number of carbonyl (C=O) groups is 2. The van der Waals surface area contributed by atoms with Crippen LogP contribution in [-0.2, 0) is 17.9 Å². The summed E-state index contributed by atoms with van der Waals surface area (Å²) in [5, 5.41) is 5.80. The highest BCUT2D eigenvalue weighted by Gasteiger charge is 2.39. The van der Waals surface area contributed by atoms with Gasteiger partial charge in [0.1, 0.15) is 6.61 Å². The van der Waals surface area contributed by atoms with Gasteiger partial charge in [-0.15, -0.1) is 0 Å². The molecule has 2 aromatic carbocycles. The normalized spacial score (nSPS) is 16.9. The van der Waals surface area contributed by atoms with Crippen molar-refractivity contribution in [2.24, 2.45) is 11.8 Å². The Bertz CT molecular complexity index is 1070. The molecule has 2 atom stereocenters. The van der Waals surface area contributed by atoms with E-state index in [1.54, 1.807) is 30.5 Å². The minimum absolute atomic E-state index is 0.0184. The molecule has 3 aromatic rings. The van der Waals surface area contributed by atoms with E-state index < -0.39 is 0 Å². The summed E-state index contributed by atoms with van der Waals surface area (Å²) in [4.78, 5) is 28.9. The van der Waals surface area contributed by atoms with Gasteiger partial charge in [-0.25, -0.2) is 4.98 Å². The first-order chi connectivity index (χ1) is 15.1. The predicted molar refractivity (Wildman–Crippen MR) is 119 cm³/mol. The minimum Gasteiger partial charge on any atom is -0.473 e. The van der Waals surface area contributed by atoms with Crippen molar-refractivity contribution in [2.45, 2.75) is 26.5 Å². The highest BCUT2D eigenvalue weighted by molar-refractivity contribution is 5.98. The number of rotatable bonds is 8. The van der Waals surface area contributed by atoms with Crippen LogP contribution in [0.5, 0.6) is 5.88 Å². The van der Waals surface area contributed by atoms with E-state index in [1.807, 2.05) is 42.5 Å². The summed E-state index contributed by atoms with van der Waals surface area (Å²) in [6, 6.07) is 20.5. The van der Waals surface area contributed by atoms with Crippen LogP contribution in [-0.4, -0.2) is 16.8 Å². The average molecular weight is 415 g/mol. The predicted octanol–water partition coefficient (Wildman–Crippen LogP) is 4.19. The van der Waals surface area contributed by atoms with E-state index in [0.29, 0.717) is 36.2 Å². The van der Waals surface area contributed by atoms with Gasteiger partial charge in [0, 0.05) is 36.0 Å². The van der Waals surface area contributed by atoms with Gasteiger partial charge in [-0.3, -0.25) is 9.59 Å². The monoisotopic (exact) mass is 415 g/mol. The van der Waals surface area contributed by atoms with Crippen molar-refractivity contribution in [1.29, 1.82) is 0 Å². The Kier molecular flexibility index (Phi) is 6.26. The third kappa shape index (κ3) is 5.69. The molecule has 158 valence electrons. The van der Waals surface area contributed by atoms with Crippen molar-refractivity contribution in [1.82, 2.24) is 10.3 Å². The fourth-order valence-corrected chi connectivity index (χ4v) is 3.32. The van der Waals surface area contributed by atoms with Gasteiger partial charge >= 0.3 is 0 Å². The number of anilines is 1. The van der Waals surface area contributed by atoms with Gasteiger partial charge in [0.05, 0.1) is 0 Å². The standard InChI is InChI=1S/C25H25N3O3/c1-17-12-22(17)25(30)28-21-9-5-8-20(14-21)24(29)27-15-19-10-11-26-23(13-19)31-16-18-6-3-2-4-7-18/h2-11,13-14,17,22H,12,15-16H2,1H3,(H,27,29)(H,28,30). The largest absolute Gasteiger partial charge is 0.473 e. The number of nitrogens with zero attached hydrogens (tertiary/aromatic N) is 1. The molecule has 1 aliphatic carbocycles. The van der Waals surface area contributed by atoms with Crippen LogP contribution in [0.4, 0.5) is 5.69 Å². The Balaban J connectivity index is 1.31. The van der Waals surface area contributed by atoms with Crippen LogP contribution < -0.4 is 15.4 Å². The first kappa shape index (κ1) is 20.6. The first-order valence-corrected chi connectivity index (χ1v) is 10.4. The minimum atomic E-state index is -0.209. The zero-order valence-electron chi connectivity index (χ0n) is 17.4. The summed E-state index contributed by atoms with van der Waals surface area (Å²) < 4.78 is 5.74. The highest BCUT2D eigenvalue weighted by atomic mass is 16.5. The molecule has 0 saturated heterocycles. The Labute approximate surface area is 181 Å². The van der Waals surface area contributed by atoms with Crippen LogP contribution in [0.15, 0.2) is 72.9 Å². The van der Waals surface area contributed by atoms with E-state index in [9.17, 15) is 9.59 Å². The molecule has 0 bridgehead atoms. The van der Waals surface area contributed by atoms with Crippen LogP contribution in [0.25, 0.3) is 0 Å².